The molecule has 0 radical (unpaired) electrons. The van der Waals surface area contributed by atoms with Crippen molar-refractivity contribution in [3.63, 3.8) is 0 Å². The van der Waals surface area contributed by atoms with Crippen LogP contribution in [0.25, 0.3) is 0 Å². The van der Waals surface area contributed by atoms with E-state index >= 15 is 0 Å². The minimum Gasteiger partial charge on any atom is -0.478 e. The summed E-state index contributed by atoms with van der Waals surface area (Å²) in [5.74, 6) is -2.11. The van der Waals surface area contributed by atoms with E-state index in [4.69, 9.17) is 28.8 Å². The number of carbonyl (C=O) groups is 3. The van der Waals surface area contributed by atoms with Gasteiger partial charge in [0.1, 0.15) is 12.7 Å². The quantitative estimate of drug-likeness (QED) is 0.197. The lowest BCUT2D eigenvalue weighted by molar-refractivity contribution is -0.143. The van der Waals surface area contributed by atoms with Crippen LogP contribution < -0.4 is 14.2 Å². The molecule has 1 aromatic heterocycles. The number of esters is 2. The monoisotopic (exact) mass is 479 g/mol. The van der Waals surface area contributed by atoms with Crippen LogP contribution in [0.15, 0.2) is 37.0 Å². The highest BCUT2D eigenvalue weighted by molar-refractivity contribution is 5.85. The molecule has 12 nitrogen and oxygen atoms in total. The fourth-order valence-corrected chi connectivity index (χ4v) is 2.10. The van der Waals surface area contributed by atoms with Crippen molar-refractivity contribution in [1.29, 1.82) is 0 Å². The standard InChI is InChI=1S/C22H29N3O9/c1-5-17(26)30-11-7-8-12-31-20-23-21(32-13-9-10-15(3)19(28)29)25-22(24-20)33-14-16(4)34-18(27)6-2/h5-6,10,16H,1-2,7-9,11-14H2,3-4H3,(H,28,29). The minimum absolute atomic E-state index is 0.0440. The smallest absolute Gasteiger partial charge is 0.330 e. The molecule has 1 rings (SSSR count). The molecule has 0 aromatic carbocycles. The third kappa shape index (κ3) is 12.2. The van der Waals surface area contributed by atoms with Crippen LogP contribution in [0.3, 0.4) is 0 Å². The molecular weight excluding hydrogens is 450 g/mol. The summed E-state index contributed by atoms with van der Waals surface area (Å²) in [6.45, 7) is 10.2. The van der Waals surface area contributed by atoms with E-state index in [1.54, 1.807) is 6.92 Å². The Morgan fingerprint density at radius 1 is 0.912 bits per heavy atom. The number of aliphatic carboxylic acids is 1. The van der Waals surface area contributed by atoms with Gasteiger partial charge in [0.25, 0.3) is 0 Å². The van der Waals surface area contributed by atoms with Crippen molar-refractivity contribution in [2.75, 3.05) is 26.4 Å². The second-order valence-electron chi connectivity index (χ2n) is 6.70. The molecule has 0 amide bonds. The van der Waals surface area contributed by atoms with Gasteiger partial charge in [-0.2, -0.15) is 0 Å². The van der Waals surface area contributed by atoms with E-state index in [0.29, 0.717) is 19.3 Å². The number of carboxylic acid groups (broad SMARTS) is 1. The molecule has 0 saturated heterocycles. The second-order valence-corrected chi connectivity index (χ2v) is 6.70. The average Bonchev–Trinajstić information content (AvgIpc) is 2.82. The molecule has 1 atom stereocenters. The number of hydrogen-bond donors (Lipinski definition) is 1. The fourth-order valence-electron chi connectivity index (χ4n) is 2.10. The first kappa shape index (κ1) is 28.1. The van der Waals surface area contributed by atoms with E-state index in [2.05, 4.69) is 28.1 Å². The van der Waals surface area contributed by atoms with E-state index < -0.39 is 24.0 Å². The van der Waals surface area contributed by atoms with Gasteiger partial charge in [-0.25, -0.2) is 14.4 Å². The molecule has 0 bridgehead atoms. The maximum Gasteiger partial charge on any atom is 0.330 e. The number of rotatable bonds is 17. The molecule has 0 fully saturated rings. The van der Waals surface area contributed by atoms with E-state index in [0.717, 1.165) is 12.2 Å². The number of unbranched alkanes of at least 4 members (excludes halogenated alkanes) is 1. The number of carbonyl (C=O) groups excluding carboxylic acids is 2. The first-order valence-corrected chi connectivity index (χ1v) is 10.4. The summed E-state index contributed by atoms with van der Waals surface area (Å²) in [6.07, 6.45) is 4.45. The van der Waals surface area contributed by atoms with Gasteiger partial charge in [-0.05, 0) is 26.7 Å². The average molecular weight is 479 g/mol. The molecule has 0 aliphatic carbocycles. The number of carboxylic acids is 1. The van der Waals surface area contributed by atoms with Gasteiger partial charge in [0.15, 0.2) is 0 Å². The Bertz CT molecular complexity index is 886. The SMILES string of the molecule is C=CC(=O)OCCCCOc1nc(OCCC=C(C)C(=O)O)nc(OCC(C)OC(=O)C=C)n1. The fraction of sp³-hybridized carbons (Fsp3) is 0.455. The Morgan fingerprint density at radius 2 is 1.47 bits per heavy atom. The van der Waals surface area contributed by atoms with Gasteiger partial charge in [-0.3, -0.25) is 0 Å². The summed E-state index contributed by atoms with van der Waals surface area (Å²) >= 11 is 0. The number of hydrogen-bond acceptors (Lipinski definition) is 11. The zero-order chi connectivity index (χ0) is 25.3. The molecular formula is C22H29N3O9. The van der Waals surface area contributed by atoms with E-state index in [9.17, 15) is 14.4 Å². The molecule has 34 heavy (non-hydrogen) atoms. The lowest BCUT2D eigenvalue weighted by atomic mass is 10.2. The van der Waals surface area contributed by atoms with Crippen LogP contribution in [0.2, 0.25) is 0 Å². The van der Waals surface area contributed by atoms with Crippen LogP contribution in [0.1, 0.15) is 33.1 Å². The van der Waals surface area contributed by atoms with E-state index in [-0.39, 0.29) is 50.0 Å². The molecule has 0 spiro atoms. The van der Waals surface area contributed by atoms with E-state index in [1.807, 2.05) is 0 Å². The van der Waals surface area contributed by atoms with Crippen LogP contribution in [-0.4, -0.2) is 70.5 Å². The minimum atomic E-state index is -1.02. The van der Waals surface area contributed by atoms with Gasteiger partial charge in [-0.1, -0.05) is 19.2 Å². The van der Waals surface area contributed by atoms with Crippen LogP contribution in [0, 0.1) is 0 Å². The largest absolute Gasteiger partial charge is 0.478 e. The van der Waals surface area contributed by atoms with Crippen molar-refractivity contribution >= 4 is 17.9 Å². The van der Waals surface area contributed by atoms with Crippen LogP contribution in [0.4, 0.5) is 0 Å². The van der Waals surface area contributed by atoms with Crippen molar-refractivity contribution < 1.29 is 43.2 Å². The summed E-state index contributed by atoms with van der Waals surface area (Å²) < 4.78 is 26.3. The highest BCUT2D eigenvalue weighted by Gasteiger charge is 2.13. The van der Waals surface area contributed by atoms with Gasteiger partial charge in [-0.15, -0.1) is 15.0 Å². The van der Waals surface area contributed by atoms with Gasteiger partial charge in [0.05, 0.1) is 19.8 Å². The number of nitrogens with zero attached hydrogens (tertiary/aromatic N) is 3. The lowest BCUT2D eigenvalue weighted by Crippen LogP contribution is -2.21. The van der Waals surface area contributed by atoms with Crippen LogP contribution in [-0.2, 0) is 23.9 Å². The molecule has 186 valence electrons. The molecule has 1 N–H and O–H groups in total. The highest BCUT2D eigenvalue weighted by Crippen LogP contribution is 2.16. The Hall–Kier alpha value is -3.96. The summed E-state index contributed by atoms with van der Waals surface area (Å²) in [5, 5.41) is 8.88. The third-order valence-corrected chi connectivity index (χ3v) is 3.82. The highest BCUT2D eigenvalue weighted by atomic mass is 16.6. The first-order valence-electron chi connectivity index (χ1n) is 10.4. The predicted octanol–water partition coefficient (Wildman–Crippen LogP) is 2.06. The summed E-state index contributed by atoms with van der Waals surface area (Å²) in [7, 11) is 0. The normalized spacial score (nSPS) is 11.6. The van der Waals surface area contributed by atoms with Gasteiger partial charge >= 0.3 is 35.9 Å². The maximum atomic E-state index is 11.3. The number of ether oxygens (including phenoxy) is 5. The Balaban J connectivity index is 2.71. The zero-order valence-electron chi connectivity index (χ0n) is 19.2. The Morgan fingerprint density at radius 3 is 2.06 bits per heavy atom. The Labute approximate surface area is 197 Å². The van der Waals surface area contributed by atoms with Crippen LogP contribution >= 0.6 is 0 Å². The van der Waals surface area contributed by atoms with Crippen molar-refractivity contribution in [2.24, 2.45) is 0 Å². The van der Waals surface area contributed by atoms with Crippen molar-refractivity contribution in [3.8, 4) is 18.0 Å². The topological polar surface area (TPSA) is 156 Å². The van der Waals surface area contributed by atoms with Gasteiger partial charge in [0.2, 0.25) is 0 Å². The van der Waals surface area contributed by atoms with Crippen molar-refractivity contribution in [3.05, 3.63) is 37.0 Å². The lowest BCUT2D eigenvalue weighted by Gasteiger charge is -2.13. The summed E-state index contributed by atoms with van der Waals surface area (Å²) in [6, 6.07) is -0.258. The second kappa shape index (κ2) is 15.8. The number of aromatic nitrogens is 3. The first-order chi connectivity index (χ1) is 16.2. The molecule has 0 saturated carbocycles. The molecule has 12 heteroatoms. The van der Waals surface area contributed by atoms with Crippen molar-refractivity contribution in [1.82, 2.24) is 15.0 Å². The van der Waals surface area contributed by atoms with Gasteiger partial charge < -0.3 is 28.8 Å². The van der Waals surface area contributed by atoms with Gasteiger partial charge in [0, 0.05) is 24.1 Å². The molecule has 1 unspecified atom stereocenters. The molecule has 1 heterocycles. The summed E-state index contributed by atoms with van der Waals surface area (Å²) in [5.41, 5.74) is 0.189. The predicted molar refractivity (Wildman–Crippen MR) is 118 cm³/mol. The van der Waals surface area contributed by atoms with E-state index in [1.165, 1.54) is 13.0 Å². The molecule has 0 aliphatic rings. The zero-order valence-corrected chi connectivity index (χ0v) is 19.2. The third-order valence-electron chi connectivity index (χ3n) is 3.82. The van der Waals surface area contributed by atoms with Crippen LogP contribution in [0.5, 0.6) is 18.0 Å². The van der Waals surface area contributed by atoms with Crippen molar-refractivity contribution in [2.45, 2.75) is 39.2 Å². The maximum absolute atomic E-state index is 11.3. The summed E-state index contributed by atoms with van der Waals surface area (Å²) in [4.78, 5) is 45.3. The molecule has 1 aromatic rings. The Kier molecular flexibility index (Phi) is 13.0. The molecule has 0 aliphatic heterocycles.